The largest absolute Gasteiger partial charge is 0.494 e. The maximum atomic E-state index is 13.3. The molecule has 0 spiro atoms. The first kappa shape index (κ1) is 14.3. The van der Waals surface area contributed by atoms with E-state index >= 15 is 0 Å². The lowest BCUT2D eigenvalue weighted by atomic mass is 10.1. The smallest absolute Gasteiger partial charge is 0.255 e. The van der Waals surface area contributed by atoms with Crippen molar-refractivity contribution in [3.8, 4) is 5.75 Å². The van der Waals surface area contributed by atoms with Crippen LogP contribution in [0.3, 0.4) is 0 Å². The molecule has 0 unspecified atom stereocenters. The van der Waals surface area contributed by atoms with Crippen molar-refractivity contribution >= 4 is 23.2 Å². The van der Waals surface area contributed by atoms with E-state index in [0.29, 0.717) is 17.1 Å². The highest BCUT2D eigenvalue weighted by atomic mass is 35.5. The fraction of sp³-hybridized carbons (Fsp3) is 0.133. The zero-order chi connectivity index (χ0) is 14.5. The number of hydrogen-bond acceptors (Lipinski definition) is 2. The molecule has 0 fully saturated rings. The minimum Gasteiger partial charge on any atom is -0.494 e. The molecule has 0 radical (unpaired) electrons. The van der Waals surface area contributed by atoms with E-state index in [-0.39, 0.29) is 11.7 Å². The summed E-state index contributed by atoms with van der Waals surface area (Å²) in [5, 5.41) is 2.68. The molecular formula is C15H13ClFNO2. The van der Waals surface area contributed by atoms with Gasteiger partial charge in [0.15, 0.2) is 11.6 Å². The molecule has 0 bridgehead atoms. The Hall–Kier alpha value is -2.07. The van der Waals surface area contributed by atoms with E-state index < -0.39 is 5.82 Å². The number of rotatable bonds is 4. The highest BCUT2D eigenvalue weighted by Crippen LogP contribution is 2.22. The molecule has 0 aliphatic heterocycles. The maximum Gasteiger partial charge on any atom is 0.255 e. The number of amides is 1. The monoisotopic (exact) mass is 293 g/mol. The summed E-state index contributed by atoms with van der Waals surface area (Å²) in [4.78, 5) is 12.1. The van der Waals surface area contributed by atoms with Crippen LogP contribution in [-0.2, 0) is 5.88 Å². The lowest BCUT2D eigenvalue weighted by Gasteiger charge is -2.08. The molecule has 0 aliphatic carbocycles. The van der Waals surface area contributed by atoms with Gasteiger partial charge in [0.05, 0.1) is 7.11 Å². The van der Waals surface area contributed by atoms with Crippen LogP contribution in [0.15, 0.2) is 42.5 Å². The molecule has 0 aliphatic rings. The Morgan fingerprint density at radius 2 is 2.10 bits per heavy atom. The molecule has 0 heterocycles. The van der Waals surface area contributed by atoms with Gasteiger partial charge in [-0.05, 0) is 29.8 Å². The molecule has 1 amide bonds. The van der Waals surface area contributed by atoms with Crippen LogP contribution in [0.25, 0.3) is 0 Å². The van der Waals surface area contributed by atoms with E-state index in [9.17, 15) is 9.18 Å². The van der Waals surface area contributed by atoms with Crippen LogP contribution in [-0.4, -0.2) is 13.0 Å². The molecule has 0 saturated heterocycles. The number of carbonyl (C=O) groups is 1. The number of methoxy groups -OCH3 is 1. The molecule has 5 heteroatoms. The van der Waals surface area contributed by atoms with E-state index in [0.717, 1.165) is 5.56 Å². The average molecular weight is 294 g/mol. The van der Waals surface area contributed by atoms with Crippen molar-refractivity contribution < 1.29 is 13.9 Å². The Morgan fingerprint density at radius 1 is 1.30 bits per heavy atom. The number of halogens is 2. The topological polar surface area (TPSA) is 38.3 Å². The summed E-state index contributed by atoms with van der Waals surface area (Å²) in [6.07, 6.45) is 0. The third-order valence-electron chi connectivity index (χ3n) is 2.75. The summed E-state index contributed by atoms with van der Waals surface area (Å²) in [7, 11) is 1.37. The number of anilines is 1. The van der Waals surface area contributed by atoms with Gasteiger partial charge < -0.3 is 10.1 Å². The second-order valence-corrected chi connectivity index (χ2v) is 4.40. The first-order chi connectivity index (χ1) is 9.63. The normalized spacial score (nSPS) is 10.2. The zero-order valence-corrected chi connectivity index (χ0v) is 11.6. The van der Waals surface area contributed by atoms with Crippen LogP contribution >= 0.6 is 11.6 Å². The van der Waals surface area contributed by atoms with Crippen LogP contribution < -0.4 is 10.1 Å². The Balaban J connectivity index is 2.18. The minimum atomic E-state index is -0.477. The molecule has 0 atom stereocenters. The lowest BCUT2D eigenvalue weighted by molar-refractivity contribution is 0.102. The summed E-state index contributed by atoms with van der Waals surface area (Å²) in [6.45, 7) is 0. The van der Waals surface area contributed by atoms with E-state index in [2.05, 4.69) is 5.32 Å². The standard InChI is InChI=1S/C15H13ClFNO2/c1-20-14-8-12(5-6-13(14)17)18-15(19)11-4-2-3-10(7-11)9-16/h2-8H,9H2,1H3,(H,18,19). The molecular weight excluding hydrogens is 281 g/mol. The van der Waals surface area contributed by atoms with Crippen molar-refractivity contribution in [2.75, 3.05) is 12.4 Å². The van der Waals surface area contributed by atoms with Gasteiger partial charge in [-0.25, -0.2) is 4.39 Å². The van der Waals surface area contributed by atoms with Gasteiger partial charge in [-0.2, -0.15) is 0 Å². The molecule has 2 aromatic carbocycles. The average Bonchev–Trinajstić information content (AvgIpc) is 2.49. The van der Waals surface area contributed by atoms with Crippen molar-refractivity contribution in [1.29, 1.82) is 0 Å². The van der Waals surface area contributed by atoms with E-state index in [1.54, 1.807) is 18.2 Å². The van der Waals surface area contributed by atoms with Crippen molar-refractivity contribution in [2.24, 2.45) is 0 Å². The third kappa shape index (κ3) is 3.27. The Morgan fingerprint density at radius 3 is 2.80 bits per heavy atom. The van der Waals surface area contributed by atoms with Gasteiger partial charge in [0, 0.05) is 23.2 Å². The van der Waals surface area contributed by atoms with Gasteiger partial charge >= 0.3 is 0 Å². The quantitative estimate of drug-likeness (QED) is 0.870. The van der Waals surface area contributed by atoms with Gasteiger partial charge in [-0.1, -0.05) is 12.1 Å². The molecule has 20 heavy (non-hydrogen) atoms. The predicted octanol–water partition coefficient (Wildman–Crippen LogP) is 3.83. The Labute approximate surface area is 121 Å². The SMILES string of the molecule is COc1cc(NC(=O)c2cccc(CCl)c2)ccc1F. The van der Waals surface area contributed by atoms with Gasteiger partial charge in [-0.3, -0.25) is 4.79 Å². The predicted molar refractivity (Wildman–Crippen MR) is 76.9 cm³/mol. The second-order valence-electron chi connectivity index (χ2n) is 4.14. The third-order valence-corrected chi connectivity index (χ3v) is 3.06. The number of alkyl halides is 1. The van der Waals surface area contributed by atoms with Crippen LogP contribution in [0.4, 0.5) is 10.1 Å². The molecule has 2 aromatic rings. The van der Waals surface area contributed by atoms with Crippen LogP contribution in [0.2, 0.25) is 0 Å². The van der Waals surface area contributed by atoms with Crippen LogP contribution in [0.5, 0.6) is 5.75 Å². The highest BCUT2D eigenvalue weighted by Gasteiger charge is 2.09. The molecule has 0 saturated carbocycles. The fourth-order valence-electron chi connectivity index (χ4n) is 1.74. The van der Waals surface area contributed by atoms with Gasteiger partial charge in [0.1, 0.15) is 0 Å². The summed E-state index contributed by atoms with van der Waals surface area (Å²) in [5.41, 5.74) is 1.81. The van der Waals surface area contributed by atoms with Crippen molar-refractivity contribution in [3.05, 3.63) is 59.4 Å². The summed E-state index contributed by atoms with van der Waals surface area (Å²) < 4.78 is 18.1. The zero-order valence-electron chi connectivity index (χ0n) is 10.8. The molecule has 104 valence electrons. The van der Waals surface area contributed by atoms with Crippen molar-refractivity contribution in [2.45, 2.75) is 5.88 Å². The maximum absolute atomic E-state index is 13.3. The summed E-state index contributed by atoms with van der Waals surface area (Å²) in [5.74, 6) is -0.344. The van der Waals surface area contributed by atoms with Gasteiger partial charge in [0.2, 0.25) is 0 Å². The summed E-state index contributed by atoms with van der Waals surface area (Å²) >= 11 is 5.73. The molecule has 0 aromatic heterocycles. The number of ether oxygens (including phenoxy) is 1. The Bertz CT molecular complexity index is 631. The van der Waals surface area contributed by atoms with Crippen LogP contribution in [0, 0.1) is 5.82 Å². The van der Waals surface area contributed by atoms with Crippen molar-refractivity contribution in [1.82, 2.24) is 0 Å². The summed E-state index contributed by atoms with van der Waals surface area (Å²) in [6, 6.07) is 11.1. The molecule has 1 N–H and O–H groups in total. The van der Waals surface area contributed by atoms with Gasteiger partial charge in [0.25, 0.3) is 5.91 Å². The van der Waals surface area contributed by atoms with Crippen molar-refractivity contribution in [3.63, 3.8) is 0 Å². The van der Waals surface area contributed by atoms with Crippen LogP contribution in [0.1, 0.15) is 15.9 Å². The number of hydrogen-bond donors (Lipinski definition) is 1. The first-order valence-electron chi connectivity index (χ1n) is 5.94. The Kier molecular flexibility index (Phi) is 4.58. The fourth-order valence-corrected chi connectivity index (χ4v) is 1.90. The van der Waals surface area contributed by atoms with E-state index in [1.165, 1.54) is 25.3 Å². The lowest BCUT2D eigenvalue weighted by Crippen LogP contribution is -2.12. The highest BCUT2D eigenvalue weighted by molar-refractivity contribution is 6.17. The number of nitrogens with one attached hydrogen (secondary N) is 1. The molecule has 2 rings (SSSR count). The number of benzene rings is 2. The van der Waals surface area contributed by atoms with Gasteiger partial charge in [-0.15, -0.1) is 11.6 Å². The molecule has 3 nitrogen and oxygen atoms in total. The number of carbonyl (C=O) groups excluding carboxylic acids is 1. The minimum absolute atomic E-state index is 0.0808. The second kappa shape index (κ2) is 6.39. The van der Waals surface area contributed by atoms with E-state index in [4.69, 9.17) is 16.3 Å². The van der Waals surface area contributed by atoms with E-state index in [1.807, 2.05) is 6.07 Å². The first-order valence-corrected chi connectivity index (χ1v) is 6.47.